The molecule has 1 saturated carbocycles. The Labute approximate surface area is 201 Å². The number of amides is 4. The number of hydrogen-bond acceptors (Lipinski definition) is 6. The van der Waals surface area contributed by atoms with E-state index in [0.717, 1.165) is 24.2 Å². The second-order valence-electron chi connectivity index (χ2n) is 9.02. The van der Waals surface area contributed by atoms with Crippen LogP contribution in [0.2, 0.25) is 0 Å². The van der Waals surface area contributed by atoms with E-state index in [1.165, 1.54) is 28.9 Å². The van der Waals surface area contributed by atoms with E-state index >= 15 is 0 Å². The van der Waals surface area contributed by atoms with Crippen LogP contribution >= 0.6 is 0 Å². The Kier molecular flexibility index (Phi) is 6.86. The van der Waals surface area contributed by atoms with Crippen LogP contribution in [0.1, 0.15) is 44.7 Å². The second-order valence-corrected chi connectivity index (χ2v) is 9.02. The van der Waals surface area contributed by atoms with Crippen molar-refractivity contribution in [3.8, 4) is 5.69 Å². The number of anilines is 1. The van der Waals surface area contributed by atoms with E-state index in [2.05, 4.69) is 22.7 Å². The molecule has 0 atom stereocenters. The third-order valence-corrected chi connectivity index (χ3v) is 6.60. The summed E-state index contributed by atoms with van der Waals surface area (Å²) in [5.41, 5.74) is 0.200. The fourth-order valence-electron chi connectivity index (χ4n) is 4.60. The number of carbonyl (C=O) groups excluding carboxylic acids is 4. The van der Waals surface area contributed by atoms with Gasteiger partial charge in [0.25, 0.3) is 11.8 Å². The Balaban J connectivity index is 1.31. The zero-order chi connectivity index (χ0) is 25.2. The molecule has 1 aromatic carbocycles. The fraction of sp³-hybridized carbons (Fsp3) is 0.458. The molecule has 0 radical (unpaired) electrons. The number of ether oxygens (including phenoxy) is 1. The minimum absolute atomic E-state index is 0.314. The van der Waals surface area contributed by atoms with Crippen LogP contribution in [0, 0.1) is 18.7 Å². The number of carbonyl (C=O) groups is 4. The van der Waals surface area contributed by atoms with Gasteiger partial charge >= 0.3 is 12.0 Å². The Bertz CT molecular complexity index is 1140. The quantitative estimate of drug-likeness (QED) is 0.459. The molecule has 2 heterocycles. The predicted molar refractivity (Wildman–Crippen MR) is 123 cm³/mol. The van der Waals surface area contributed by atoms with Crippen molar-refractivity contribution in [3.63, 3.8) is 0 Å². The maximum Gasteiger partial charge on any atom is 0.326 e. The van der Waals surface area contributed by atoms with Crippen molar-refractivity contribution in [2.24, 2.45) is 5.92 Å². The molecule has 0 bridgehead atoms. The molecule has 1 saturated heterocycles. The van der Waals surface area contributed by atoms with Gasteiger partial charge in [0, 0.05) is 6.07 Å². The summed E-state index contributed by atoms with van der Waals surface area (Å²) in [4.78, 5) is 50.9. The van der Waals surface area contributed by atoms with Crippen LogP contribution in [0.5, 0.6) is 0 Å². The predicted octanol–water partition coefficient (Wildman–Crippen LogP) is 2.69. The first-order chi connectivity index (χ1) is 16.7. The SMILES string of the molecule is CCC1CCC2(CC1)NC(=O)N(CC(=O)OCC(=O)Nc1cc(C)nn1-c1ccc(F)cc1)C2=O. The highest BCUT2D eigenvalue weighted by Gasteiger charge is 2.52. The van der Waals surface area contributed by atoms with Crippen LogP contribution in [0.25, 0.3) is 5.69 Å². The van der Waals surface area contributed by atoms with Crippen LogP contribution < -0.4 is 10.6 Å². The number of halogens is 1. The van der Waals surface area contributed by atoms with Crippen molar-refractivity contribution in [2.75, 3.05) is 18.5 Å². The lowest BCUT2D eigenvalue weighted by Gasteiger charge is -2.34. The van der Waals surface area contributed by atoms with Crippen LogP contribution in [-0.4, -0.2) is 57.2 Å². The molecule has 1 aliphatic heterocycles. The van der Waals surface area contributed by atoms with E-state index < -0.39 is 48.3 Å². The highest BCUT2D eigenvalue weighted by Crippen LogP contribution is 2.37. The highest BCUT2D eigenvalue weighted by molar-refractivity contribution is 6.08. The molecule has 2 N–H and O–H groups in total. The molecule has 10 nitrogen and oxygen atoms in total. The molecular formula is C24H28FN5O5. The van der Waals surface area contributed by atoms with Crippen molar-refractivity contribution < 1.29 is 28.3 Å². The topological polar surface area (TPSA) is 123 Å². The number of rotatable bonds is 7. The maximum absolute atomic E-state index is 13.2. The number of hydrogen-bond donors (Lipinski definition) is 2. The first-order valence-electron chi connectivity index (χ1n) is 11.6. The van der Waals surface area contributed by atoms with Gasteiger partial charge in [-0.05, 0) is 62.8 Å². The summed E-state index contributed by atoms with van der Waals surface area (Å²) in [7, 11) is 0. The molecular weight excluding hydrogens is 457 g/mol. The van der Waals surface area contributed by atoms with Crippen molar-refractivity contribution in [1.29, 1.82) is 0 Å². The van der Waals surface area contributed by atoms with Gasteiger partial charge in [0.2, 0.25) is 0 Å². The summed E-state index contributed by atoms with van der Waals surface area (Å²) in [5.74, 6) is -1.48. The number of urea groups is 1. The summed E-state index contributed by atoms with van der Waals surface area (Å²) in [6.07, 6.45) is 3.81. The van der Waals surface area contributed by atoms with Crippen LogP contribution in [0.4, 0.5) is 15.0 Å². The number of aromatic nitrogens is 2. The third kappa shape index (κ3) is 5.18. The monoisotopic (exact) mass is 485 g/mol. The van der Waals surface area contributed by atoms with E-state index in [1.807, 2.05) is 0 Å². The number of nitrogens with zero attached hydrogens (tertiary/aromatic N) is 3. The summed E-state index contributed by atoms with van der Waals surface area (Å²) in [6, 6.07) is 6.56. The number of esters is 1. The van der Waals surface area contributed by atoms with E-state index in [-0.39, 0.29) is 0 Å². The summed E-state index contributed by atoms with van der Waals surface area (Å²) in [6.45, 7) is 2.66. The molecule has 1 spiro atoms. The zero-order valence-electron chi connectivity index (χ0n) is 19.7. The Morgan fingerprint density at radius 1 is 1.23 bits per heavy atom. The van der Waals surface area contributed by atoms with Gasteiger partial charge in [-0.2, -0.15) is 5.10 Å². The normalized spacial score (nSPS) is 21.8. The zero-order valence-corrected chi connectivity index (χ0v) is 19.7. The molecule has 11 heteroatoms. The summed E-state index contributed by atoms with van der Waals surface area (Å²) < 4.78 is 19.7. The van der Waals surface area contributed by atoms with Gasteiger partial charge in [0.1, 0.15) is 23.7 Å². The second kappa shape index (κ2) is 9.85. The molecule has 0 unspecified atom stereocenters. The lowest BCUT2D eigenvalue weighted by atomic mass is 9.75. The fourth-order valence-corrected chi connectivity index (χ4v) is 4.60. The van der Waals surface area contributed by atoms with Crippen LogP contribution in [0.15, 0.2) is 30.3 Å². The minimum atomic E-state index is -0.947. The smallest absolute Gasteiger partial charge is 0.326 e. The van der Waals surface area contributed by atoms with E-state index in [9.17, 15) is 23.6 Å². The molecule has 1 aliphatic carbocycles. The van der Waals surface area contributed by atoms with Crippen molar-refractivity contribution in [2.45, 2.75) is 51.5 Å². The van der Waals surface area contributed by atoms with Gasteiger partial charge in [0.15, 0.2) is 6.61 Å². The molecule has 35 heavy (non-hydrogen) atoms. The summed E-state index contributed by atoms with van der Waals surface area (Å²) in [5, 5.41) is 9.64. The van der Waals surface area contributed by atoms with Gasteiger partial charge in [0.05, 0.1) is 11.4 Å². The van der Waals surface area contributed by atoms with E-state index in [0.29, 0.717) is 36.0 Å². The number of benzene rings is 1. The Morgan fingerprint density at radius 2 is 1.91 bits per heavy atom. The van der Waals surface area contributed by atoms with Gasteiger partial charge < -0.3 is 15.4 Å². The molecule has 1 aromatic heterocycles. The molecule has 2 fully saturated rings. The number of nitrogens with one attached hydrogen (secondary N) is 2. The molecule has 4 rings (SSSR count). The molecule has 2 aromatic rings. The van der Waals surface area contributed by atoms with Gasteiger partial charge in [-0.3, -0.25) is 19.3 Å². The van der Waals surface area contributed by atoms with Crippen LogP contribution in [-0.2, 0) is 19.1 Å². The first kappa shape index (κ1) is 24.4. The van der Waals surface area contributed by atoms with Crippen molar-refractivity contribution in [1.82, 2.24) is 20.0 Å². The lowest BCUT2D eigenvalue weighted by molar-refractivity contribution is -0.150. The summed E-state index contributed by atoms with van der Waals surface area (Å²) >= 11 is 0. The number of imide groups is 1. The average Bonchev–Trinajstić information content (AvgIpc) is 3.30. The van der Waals surface area contributed by atoms with Crippen LogP contribution in [0.3, 0.4) is 0 Å². The van der Waals surface area contributed by atoms with Crippen molar-refractivity contribution in [3.05, 3.63) is 41.8 Å². The van der Waals surface area contributed by atoms with E-state index in [1.54, 1.807) is 13.0 Å². The largest absolute Gasteiger partial charge is 0.454 e. The van der Waals surface area contributed by atoms with Gasteiger partial charge in [-0.1, -0.05) is 13.3 Å². The van der Waals surface area contributed by atoms with E-state index in [4.69, 9.17) is 4.74 Å². The third-order valence-electron chi connectivity index (χ3n) is 6.60. The highest BCUT2D eigenvalue weighted by atomic mass is 19.1. The first-order valence-corrected chi connectivity index (χ1v) is 11.6. The Hall–Kier alpha value is -3.76. The minimum Gasteiger partial charge on any atom is -0.454 e. The number of aryl methyl sites for hydroxylation is 1. The van der Waals surface area contributed by atoms with Crippen molar-refractivity contribution >= 4 is 29.6 Å². The molecule has 186 valence electrons. The Morgan fingerprint density at radius 3 is 2.57 bits per heavy atom. The maximum atomic E-state index is 13.2. The lowest BCUT2D eigenvalue weighted by Crippen LogP contribution is -2.49. The molecule has 4 amide bonds. The van der Waals surface area contributed by atoms with Gasteiger partial charge in [-0.25, -0.2) is 13.9 Å². The molecule has 2 aliphatic rings. The van der Waals surface area contributed by atoms with Gasteiger partial charge in [-0.15, -0.1) is 0 Å². The standard InChI is InChI=1S/C24H28FN5O5/c1-3-16-8-10-24(11-9-16)22(33)29(23(34)27-24)13-21(32)35-14-20(31)26-19-12-15(2)28-30(19)18-6-4-17(25)5-7-18/h4-7,12,16H,3,8-11,13-14H2,1-2H3,(H,26,31)(H,27,34). The average molecular weight is 486 g/mol.